The standard InChI is InChI=1S/C18H25F2N3O/c1-12-6-2-3-7-16(12)22-18(24)21-13-10-14(19)17(15(20)11-13)23-8-4-5-9-23/h10-12,16H,2-9H2,1H3,(H2,21,22,24). The molecule has 6 heteroatoms. The fourth-order valence-electron chi connectivity index (χ4n) is 3.75. The van der Waals surface area contributed by atoms with Crippen molar-refractivity contribution in [3.63, 3.8) is 0 Å². The molecule has 2 aliphatic rings. The van der Waals surface area contributed by atoms with Gasteiger partial charge in [0.2, 0.25) is 0 Å². The highest BCUT2D eigenvalue weighted by atomic mass is 19.1. The van der Waals surface area contributed by atoms with Crippen LogP contribution in [0.2, 0.25) is 0 Å². The lowest BCUT2D eigenvalue weighted by molar-refractivity contribution is 0.232. The Bertz CT molecular complexity index is 579. The van der Waals surface area contributed by atoms with Crippen molar-refractivity contribution in [2.45, 2.75) is 51.5 Å². The summed E-state index contributed by atoms with van der Waals surface area (Å²) in [6.07, 6.45) is 6.23. The van der Waals surface area contributed by atoms with E-state index in [9.17, 15) is 13.6 Å². The molecule has 1 aromatic carbocycles. The molecular formula is C18H25F2N3O. The molecular weight excluding hydrogens is 312 g/mol. The molecule has 2 amide bonds. The van der Waals surface area contributed by atoms with Crippen molar-refractivity contribution >= 4 is 17.4 Å². The molecule has 3 rings (SSSR count). The summed E-state index contributed by atoms with van der Waals surface area (Å²) in [5.41, 5.74) is 0.160. The Hall–Kier alpha value is -1.85. The Labute approximate surface area is 141 Å². The Kier molecular flexibility index (Phi) is 5.21. The maximum absolute atomic E-state index is 14.3. The van der Waals surface area contributed by atoms with Gasteiger partial charge in [0.15, 0.2) is 11.6 Å². The van der Waals surface area contributed by atoms with Gasteiger partial charge < -0.3 is 15.5 Å². The van der Waals surface area contributed by atoms with E-state index in [1.54, 1.807) is 4.90 Å². The van der Waals surface area contributed by atoms with Gasteiger partial charge in [0.25, 0.3) is 0 Å². The van der Waals surface area contributed by atoms with Gasteiger partial charge in [-0.05, 0) is 43.7 Å². The van der Waals surface area contributed by atoms with Crippen LogP contribution in [0.25, 0.3) is 0 Å². The zero-order valence-electron chi connectivity index (χ0n) is 14.1. The number of nitrogens with zero attached hydrogens (tertiary/aromatic N) is 1. The van der Waals surface area contributed by atoms with Crippen LogP contribution in [0.1, 0.15) is 45.4 Å². The lowest BCUT2D eigenvalue weighted by atomic mass is 9.86. The first-order chi connectivity index (χ1) is 11.5. The molecule has 1 aliphatic heterocycles. The third-order valence-corrected chi connectivity index (χ3v) is 5.13. The maximum atomic E-state index is 14.3. The van der Waals surface area contributed by atoms with E-state index in [1.165, 1.54) is 18.6 Å². The van der Waals surface area contributed by atoms with E-state index in [2.05, 4.69) is 17.6 Å². The Morgan fingerprint density at radius 2 is 1.71 bits per heavy atom. The lowest BCUT2D eigenvalue weighted by Crippen LogP contribution is -2.43. The van der Waals surface area contributed by atoms with Crippen LogP contribution in [0.3, 0.4) is 0 Å². The molecule has 4 nitrogen and oxygen atoms in total. The van der Waals surface area contributed by atoms with Crippen LogP contribution in [0.15, 0.2) is 12.1 Å². The zero-order valence-corrected chi connectivity index (χ0v) is 14.1. The Morgan fingerprint density at radius 3 is 2.33 bits per heavy atom. The number of amides is 2. The van der Waals surface area contributed by atoms with E-state index in [4.69, 9.17) is 0 Å². The Morgan fingerprint density at radius 1 is 1.08 bits per heavy atom. The van der Waals surface area contributed by atoms with E-state index < -0.39 is 17.7 Å². The molecule has 132 valence electrons. The van der Waals surface area contributed by atoms with Gasteiger partial charge in [0, 0.05) is 24.8 Å². The van der Waals surface area contributed by atoms with Crippen molar-refractivity contribution in [2.24, 2.45) is 5.92 Å². The van der Waals surface area contributed by atoms with Gasteiger partial charge in [0.1, 0.15) is 5.69 Å². The highest BCUT2D eigenvalue weighted by Gasteiger charge is 2.24. The molecule has 1 heterocycles. The van der Waals surface area contributed by atoms with E-state index >= 15 is 0 Å². The minimum absolute atomic E-state index is 0.0133. The van der Waals surface area contributed by atoms with Crippen LogP contribution < -0.4 is 15.5 Å². The maximum Gasteiger partial charge on any atom is 0.319 e. The van der Waals surface area contributed by atoms with E-state index in [0.29, 0.717) is 19.0 Å². The fourth-order valence-corrected chi connectivity index (χ4v) is 3.75. The second kappa shape index (κ2) is 7.36. The number of halogens is 2. The SMILES string of the molecule is CC1CCCCC1NC(=O)Nc1cc(F)c(N2CCCC2)c(F)c1. The highest BCUT2D eigenvalue weighted by Crippen LogP contribution is 2.30. The van der Waals surface area contributed by atoms with Crippen LogP contribution in [-0.4, -0.2) is 25.2 Å². The van der Waals surface area contributed by atoms with Gasteiger partial charge in [-0.1, -0.05) is 19.8 Å². The van der Waals surface area contributed by atoms with Gasteiger partial charge in [-0.2, -0.15) is 0 Å². The molecule has 2 unspecified atom stereocenters. The third-order valence-electron chi connectivity index (χ3n) is 5.13. The lowest BCUT2D eigenvalue weighted by Gasteiger charge is -2.29. The molecule has 1 aromatic rings. The minimum atomic E-state index is -0.627. The number of urea groups is 1. The van der Waals surface area contributed by atoms with Crippen molar-refractivity contribution in [2.75, 3.05) is 23.3 Å². The first-order valence-corrected chi connectivity index (χ1v) is 8.86. The topological polar surface area (TPSA) is 44.4 Å². The summed E-state index contributed by atoms with van der Waals surface area (Å²) in [5, 5.41) is 5.48. The van der Waals surface area contributed by atoms with Gasteiger partial charge in [-0.15, -0.1) is 0 Å². The first-order valence-electron chi connectivity index (χ1n) is 8.86. The second-order valence-corrected chi connectivity index (χ2v) is 6.95. The number of benzene rings is 1. The summed E-state index contributed by atoms with van der Waals surface area (Å²) in [7, 11) is 0. The first kappa shape index (κ1) is 17.0. The van der Waals surface area contributed by atoms with Gasteiger partial charge in [0.05, 0.1) is 0 Å². The predicted octanol–water partition coefficient (Wildman–Crippen LogP) is 4.27. The van der Waals surface area contributed by atoms with Crippen molar-refractivity contribution in [1.82, 2.24) is 5.32 Å². The second-order valence-electron chi connectivity index (χ2n) is 6.95. The van der Waals surface area contributed by atoms with Crippen LogP contribution in [-0.2, 0) is 0 Å². The summed E-state index contributed by atoms with van der Waals surface area (Å²) in [6, 6.07) is 2.11. The molecule has 2 atom stereocenters. The zero-order chi connectivity index (χ0) is 17.1. The third kappa shape index (κ3) is 3.79. The van der Waals surface area contributed by atoms with Crippen LogP contribution in [0, 0.1) is 17.6 Å². The Balaban J connectivity index is 1.65. The molecule has 0 aromatic heterocycles. The summed E-state index contributed by atoms with van der Waals surface area (Å²) in [5.74, 6) is -0.827. The smallest absolute Gasteiger partial charge is 0.319 e. The number of hydrogen-bond acceptors (Lipinski definition) is 2. The molecule has 24 heavy (non-hydrogen) atoms. The molecule has 0 radical (unpaired) electrons. The predicted molar refractivity (Wildman–Crippen MR) is 91.4 cm³/mol. The average molecular weight is 337 g/mol. The van der Waals surface area contributed by atoms with Crippen LogP contribution in [0.5, 0.6) is 0 Å². The average Bonchev–Trinajstić information content (AvgIpc) is 3.03. The molecule has 0 spiro atoms. The van der Waals surface area contributed by atoms with E-state index in [1.807, 2.05) is 0 Å². The molecule has 0 bridgehead atoms. The van der Waals surface area contributed by atoms with Crippen LogP contribution in [0.4, 0.5) is 25.0 Å². The minimum Gasteiger partial charge on any atom is -0.367 e. The quantitative estimate of drug-likeness (QED) is 0.865. The summed E-state index contributed by atoms with van der Waals surface area (Å²) < 4.78 is 28.6. The molecule has 1 saturated heterocycles. The number of hydrogen-bond donors (Lipinski definition) is 2. The molecule has 2 N–H and O–H groups in total. The summed E-state index contributed by atoms with van der Waals surface area (Å²) in [6.45, 7) is 3.45. The number of rotatable bonds is 3. The summed E-state index contributed by atoms with van der Waals surface area (Å²) >= 11 is 0. The normalized spacial score (nSPS) is 24.0. The highest BCUT2D eigenvalue weighted by molar-refractivity contribution is 5.89. The van der Waals surface area contributed by atoms with Crippen molar-refractivity contribution in [3.8, 4) is 0 Å². The number of nitrogens with one attached hydrogen (secondary N) is 2. The van der Waals surface area contributed by atoms with Gasteiger partial charge in [-0.25, -0.2) is 13.6 Å². The van der Waals surface area contributed by atoms with Gasteiger partial charge in [-0.3, -0.25) is 0 Å². The summed E-state index contributed by atoms with van der Waals surface area (Å²) in [4.78, 5) is 13.8. The van der Waals surface area contributed by atoms with Crippen molar-refractivity contribution in [3.05, 3.63) is 23.8 Å². The number of carbonyl (C=O) groups excluding carboxylic acids is 1. The molecule has 1 saturated carbocycles. The van der Waals surface area contributed by atoms with Crippen LogP contribution >= 0.6 is 0 Å². The molecule has 2 fully saturated rings. The van der Waals surface area contributed by atoms with Crippen molar-refractivity contribution < 1.29 is 13.6 Å². The van der Waals surface area contributed by atoms with E-state index in [-0.39, 0.29) is 17.4 Å². The largest absolute Gasteiger partial charge is 0.367 e. The number of anilines is 2. The van der Waals surface area contributed by atoms with E-state index in [0.717, 1.165) is 32.1 Å². The monoisotopic (exact) mass is 337 g/mol. The van der Waals surface area contributed by atoms with Gasteiger partial charge >= 0.3 is 6.03 Å². The fraction of sp³-hybridized carbons (Fsp3) is 0.611. The van der Waals surface area contributed by atoms with Crippen molar-refractivity contribution in [1.29, 1.82) is 0 Å². The number of carbonyl (C=O) groups is 1. The molecule has 1 aliphatic carbocycles.